The average Bonchev–Trinajstić information content (AvgIpc) is 2.25. The van der Waals surface area contributed by atoms with Crippen molar-refractivity contribution in [1.29, 1.82) is 0 Å². The summed E-state index contributed by atoms with van der Waals surface area (Å²) in [4.78, 5) is 8.39. The molecule has 4 nitrogen and oxygen atoms in total. The van der Waals surface area contributed by atoms with E-state index in [1.165, 1.54) is 38.5 Å². The Morgan fingerprint density at radius 1 is 0.750 bits per heavy atom. The van der Waals surface area contributed by atoms with Crippen molar-refractivity contribution in [2.75, 3.05) is 11.5 Å². The van der Waals surface area contributed by atoms with Crippen LogP contribution in [0.15, 0.2) is 0 Å². The average molecular weight is 220 g/mol. The minimum absolute atomic E-state index is 0.313. The quantitative estimate of drug-likeness (QED) is 0.701. The Labute approximate surface area is 96.5 Å². The van der Waals surface area contributed by atoms with Crippen molar-refractivity contribution in [2.24, 2.45) is 0 Å². The van der Waals surface area contributed by atoms with E-state index in [9.17, 15) is 0 Å². The van der Waals surface area contributed by atoms with Gasteiger partial charge in [-0.3, -0.25) is 0 Å². The molecule has 88 valence electrons. The molecular formula is C12H20N4. The van der Waals surface area contributed by atoms with Gasteiger partial charge in [0.25, 0.3) is 0 Å². The maximum atomic E-state index is 5.92. The Morgan fingerprint density at radius 3 is 2.12 bits per heavy atom. The molecule has 4 heteroatoms. The van der Waals surface area contributed by atoms with Crippen LogP contribution in [0.1, 0.15) is 49.8 Å². The standard InChI is InChI=1S/C12H20N4/c13-11-9-7-5-3-1-2-4-6-8-10(9)15-12(14)16-11/h1-8H2,(H4,13,14,15,16). The third-order valence-electron chi connectivity index (χ3n) is 3.23. The summed E-state index contributed by atoms with van der Waals surface area (Å²) in [5.74, 6) is 0.899. The molecule has 0 spiro atoms. The van der Waals surface area contributed by atoms with Crippen LogP contribution in [0, 0.1) is 0 Å². The number of aromatic nitrogens is 2. The van der Waals surface area contributed by atoms with Gasteiger partial charge in [-0.2, -0.15) is 4.98 Å². The normalized spacial score (nSPS) is 17.8. The number of fused-ring (bicyclic) bond motifs is 1. The molecule has 0 amide bonds. The topological polar surface area (TPSA) is 77.8 Å². The number of hydrogen-bond donors (Lipinski definition) is 2. The van der Waals surface area contributed by atoms with Crippen molar-refractivity contribution in [3.8, 4) is 0 Å². The zero-order valence-electron chi connectivity index (χ0n) is 9.71. The highest BCUT2D eigenvalue weighted by atomic mass is 15.0. The lowest BCUT2D eigenvalue weighted by Crippen LogP contribution is -2.10. The smallest absolute Gasteiger partial charge is 0.222 e. The Kier molecular flexibility index (Phi) is 3.59. The van der Waals surface area contributed by atoms with Gasteiger partial charge in [0.2, 0.25) is 5.95 Å². The van der Waals surface area contributed by atoms with E-state index in [-0.39, 0.29) is 0 Å². The Hall–Kier alpha value is -1.32. The van der Waals surface area contributed by atoms with E-state index in [2.05, 4.69) is 9.97 Å². The maximum Gasteiger partial charge on any atom is 0.222 e. The predicted molar refractivity (Wildman–Crippen MR) is 66.0 cm³/mol. The molecule has 0 fully saturated rings. The lowest BCUT2D eigenvalue weighted by Gasteiger charge is -2.13. The van der Waals surface area contributed by atoms with Crippen LogP contribution in [0.3, 0.4) is 0 Å². The first kappa shape index (κ1) is 11.2. The van der Waals surface area contributed by atoms with E-state index in [1.807, 2.05) is 0 Å². The molecule has 0 atom stereocenters. The van der Waals surface area contributed by atoms with Gasteiger partial charge >= 0.3 is 0 Å². The van der Waals surface area contributed by atoms with Gasteiger partial charge in [-0.05, 0) is 25.7 Å². The monoisotopic (exact) mass is 220 g/mol. The van der Waals surface area contributed by atoms with Gasteiger partial charge in [-0.1, -0.05) is 25.7 Å². The van der Waals surface area contributed by atoms with Crippen LogP contribution in [0.4, 0.5) is 11.8 Å². The van der Waals surface area contributed by atoms with Crippen LogP contribution in [0.25, 0.3) is 0 Å². The molecule has 16 heavy (non-hydrogen) atoms. The summed E-state index contributed by atoms with van der Waals surface area (Å²) in [6.45, 7) is 0. The minimum Gasteiger partial charge on any atom is -0.383 e. The van der Waals surface area contributed by atoms with Gasteiger partial charge in [-0.15, -0.1) is 0 Å². The number of aryl methyl sites for hydroxylation is 1. The van der Waals surface area contributed by atoms with Gasteiger partial charge in [0, 0.05) is 5.56 Å². The SMILES string of the molecule is Nc1nc(N)c2c(n1)CCCCCCCC2. The largest absolute Gasteiger partial charge is 0.383 e. The first-order valence-electron chi connectivity index (χ1n) is 6.18. The molecule has 1 aliphatic carbocycles. The summed E-state index contributed by atoms with van der Waals surface area (Å²) in [5, 5.41) is 0. The van der Waals surface area contributed by atoms with Crippen LogP contribution in [0.5, 0.6) is 0 Å². The number of nitrogens with zero attached hydrogens (tertiary/aromatic N) is 2. The zero-order chi connectivity index (χ0) is 11.4. The van der Waals surface area contributed by atoms with Crippen molar-refractivity contribution >= 4 is 11.8 Å². The molecule has 0 aromatic carbocycles. The molecular weight excluding hydrogens is 200 g/mol. The second-order valence-electron chi connectivity index (χ2n) is 4.51. The summed E-state index contributed by atoms with van der Waals surface area (Å²) in [6, 6.07) is 0. The van der Waals surface area contributed by atoms with Crippen molar-refractivity contribution < 1.29 is 0 Å². The summed E-state index contributed by atoms with van der Waals surface area (Å²) >= 11 is 0. The van der Waals surface area contributed by atoms with Crippen molar-refractivity contribution in [3.05, 3.63) is 11.3 Å². The molecule has 4 N–H and O–H groups in total. The molecule has 0 bridgehead atoms. The van der Waals surface area contributed by atoms with Gasteiger partial charge in [0.1, 0.15) is 5.82 Å². The molecule has 1 aromatic rings. The fourth-order valence-electron chi connectivity index (χ4n) is 2.35. The summed E-state index contributed by atoms with van der Waals surface area (Å²) < 4.78 is 0. The van der Waals surface area contributed by atoms with Gasteiger partial charge < -0.3 is 11.5 Å². The Morgan fingerprint density at radius 2 is 1.38 bits per heavy atom. The third kappa shape index (κ3) is 2.62. The number of nitrogens with two attached hydrogens (primary N) is 2. The Balaban J connectivity index is 2.26. The molecule has 1 heterocycles. The van der Waals surface area contributed by atoms with E-state index < -0.39 is 0 Å². The number of nitrogen functional groups attached to an aromatic ring is 2. The van der Waals surface area contributed by atoms with E-state index in [1.54, 1.807) is 0 Å². The molecule has 0 aliphatic heterocycles. The van der Waals surface area contributed by atoms with E-state index >= 15 is 0 Å². The molecule has 0 saturated carbocycles. The van der Waals surface area contributed by atoms with Crippen LogP contribution in [-0.4, -0.2) is 9.97 Å². The number of anilines is 2. The molecule has 2 rings (SSSR count). The van der Waals surface area contributed by atoms with E-state index in [0.29, 0.717) is 11.8 Å². The van der Waals surface area contributed by atoms with E-state index in [0.717, 1.165) is 24.1 Å². The lowest BCUT2D eigenvalue weighted by atomic mass is 9.98. The van der Waals surface area contributed by atoms with Crippen LogP contribution in [-0.2, 0) is 12.8 Å². The lowest BCUT2D eigenvalue weighted by molar-refractivity contribution is 0.576. The first-order valence-corrected chi connectivity index (χ1v) is 6.18. The highest BCUT2D eigenvalue weighted by Gasteiger charge is 2.12. The molecule has 0 radical (unpaired) electrons. The summed E-state index contributed by atoms with van der Waals surface area (Å²) in [7, 11) is 0. The van der Waals surface area contributed by atoms with Crippen LogP contribution >= 0.6 is 0 Å². The third-order valence-corrected chi connectivity index (χ3v) is 3.23. The fraction of sp³-hybridized carbons (Fsp3) is 0.667. The van der Waals surface area contributed by atoms with Crippen LogP contribution < -0.4 is 11.5 Å². The predicted octanol–water partition coefficient (Wildman–Crippen LogP) is 2.08. The molecule has 1 aliphatic rings. The van der Waals surface area contributed by atoms with Gasteiger partial charge in [0.15, 0.2) is 0 Å². The van der Waals surface area contributed by atoms with Crippen molar-refractivity contribution in [1.82, 2.24) is 9.97 Å². The molecule has 0 saturated heterocycles. The fourth-order valence-corrected chi connectivity index (χ4v) is 2.35. The zero-order valence-corrected chi connectivity index (χ0v) is 9.71. The van der Waals surface area contributed by atoms with Crippen molar-refractivity contribution in [3.63, 3.8) is 0 Å². The van der Waals surface area contributed by atoms with Crippen molar-refractivity contribution in [2.45, 2.75) is 51.4 Å². The molecule has 1 aromatic heterocycles. The summed E-state index contributed by atoms with van der Waals surface area (Å²) in [6.07, 6.45) is 9.60. The van der Waals surface area contributed by atoms with Crippen LogP contribution in [0.2, 0.25) is 0 Å². The summed E-state index contributed by atoms with van der Waals surface area (Å²) in [5.41, 5.74) is 13.8. The maximum absolute atomic E-state index is 5.92. The number of rotatable bonds is 0. The first-order chi connectivity index (χ1) is 7.77. The number of hydrogen-bond acceptors (Lipinski definition) is 4. The van der Waals surface area contributed by atoms with Gasteiger partial charge in [0.05, 0.1) is 5.69 Å². The Bertz CT molecular complexity index is 362. The minimum atomic E-state index is 0.313. The second kappa shape index (κ2) is 5.14. The van der Waals surface area contributed by atoms with E-state index in [4.69, 9.17) is 11.5 Å². The highest BCUT2D eigenvalue weighted by molar-refractivity contribution is 5.46. The highest BCUT2D eigenvalue weighted by Crippen LogP contribution is 2.22. The molecule has 0 unspecified atom stereocenters. The second-order valence-corrected chi connectivity index (χ2v) is 4.51. The van der Waals surface area contributed by atoms with Gasteiger partial charge in [-0.25, -0.2) is 4.98 Å².